The molecule has 23 heavy (non-hydrogen) atoms. The molecule has 0 unspecified atom stereocenters. The molecule has 6 nitrogen and oxygen atoms in total. The standard InChI is InChI=1S/C17H25N3O3/c1-12(2)10-17(23)18-8-9-20(14(4)22)16-7-5-6-15(11-16)19-13(3)21/h5-7,11-12H,8-10H2,1-4H3,(H,18,23)(H,19,21). The summed E-state index contributed by atoms with van der Waals surface area (Å²) < 4.78 is 0. The van der Waals surface area contributed by atoms with Crippen LogP contribution in [0.15, 0.2) is 24.3 Å². The molecule has 0 aliphatic heterocycles. The maximum atomic E-state index is 11.9. The Balaban J connectivity index is 2.70. The third-order valence-corrected chi connectivity index (χ3v) is 3.11. The molecule has 1 rings (SSSR count). The number of nitrogens with zero attached hydrogens (tertiary/aromatic N) is 1. The molecule has 1 aromatic rings. The molecule has 0 saturated carbocycles. The second-order valence-corrected chi connectivity index (χ2v) is 5.85. The van der Waals surface area contributed by atoms with Gasteiger partial charge in [0.05, 0.1) is 0 Å². The fourth-order valence-corrected chi connectivity index (χ4v) is 2.17. The molecule has 2 N–H and O–H groups in total. The van der Waals surface area contributed by atoms with Gasteiger partial charge in [0, 0.05) is 44.7 Å². The van der Waals surface area contributed by atoms with Crippen LogP contribution >= 0.6 is 0 Å². The van der Waals surface area contributed by atoms with Gasteiger partial charge >= 0.3 is 0 Å². The number of rotatable bonds is 7. The SMILES string of the molecule is CC(=O)Nc1cccc(N(CCNC(=O)CC(C)C)C(C)=O)c1. The lowest BCUT2D eigenvalue weighted by Crippen LogP contribution is -2.37. The lowest BCUT2D eigenvalue weighted by Gasteiger charge is -2.22. The van der Waals surface area contributed by atoms with Crippen LogP contribution in [0, 0.1) is 5.92 Å². The summed E-state index contributed by atoms with van der Waals surface area (Å²) >= 11 is 0. The summed E-state index contributed by atoms with van der Waals surface area (Å²) in [7, 11) is 0. The molecular formula is C17H25N3O3. The number of carbonyl (C=O) groups is 3. The zero-order chi connectivity index (χ0) is 17.4. The molecule has 0 fully saturated rings. The predicted octanol–water partition coefficient (Wildman–Crippen LogP) is 2.16. The van der Waals surface area contributed by atoms with E-state index in [0.29, 0.717) is 36.8 Å². The van der Waals surface area contributed by atoms with Crippen molar-refractivity contribution < 1.29 is 14.4 Å². The van der Waals surface area contributed by atoms with E-state index >= 15 is 0 Å². The van der Waals surface area contributed by atoms with Crippen molar-refractivity contribution in [3.63, 3.8) is 0 Å². The van der Waals surface area contributed by atoms with Crippen molar-refractivity contribution in [2.24, 2.45) is 5.92 Å². The lowest BCUT2D eigenvalue weighted by atomic mass is 10.1. The highest BCUT2D eigenvalue weighted by atomic mass is 16.2. The molecule has 0 aromatic heterocycles. The molecule has 0 heterocycles. The minimum absolute atomic E-state index is 0.0181. The van der Waals surface area contributed by atoms with Gasteiger partial charge in [-0.3, -0.25) is 14.4 Å². The van der Waals surface area contributed by atoms with Crippen molar-refractivity contribution in [3.8, 4) is 0 Å². The van der Waals surface area contributed by atoms with E-state index in [1.165, 1.54) is 13.8 Å². The van der Waals surface area contributed by atoms with Gasteiger partial charge in [0.1, 0.15) is 0 Å². The maximum Gasteiger partial charge on any atom is 0.223 e. The zero-order valence-corrected chi connectivity index (χ0v) is 14.2. The van der Waals surface area contributed by atoms with Crippen molar-refractivity contribution in [1.29, 1.82) is 0 Å². The number of benzene rings is 1. The molecule has 0 bridgehead atoms. The van der Waals surface area contributed by atoms with E-state index in [1.807, 2.05) is 13.8 Å². The van der Waals surface area contributed by atoms with Crippen LogP contribution in [-0.4, -0.2) is 30.8 Å². The third-order valence-electron chi connectivity index (χ3n) is 3.11. The average Bonchev–Trinajstić information content (AvgIpc) is 2.41. The molecule has 126 valence electrons. The highest BCUT2D eigenvalue weighted by Gasteiger charge is 2.13. The first kappa shape index (κ1) is 18.7. The summed E-state index contributed by atoms with van der Waals surface area (Å²) in [6.07, 6.45) is 0.470. The molecule has 3 amide bonds. The van der Waals surface area contributed by atoms with Crippen LogP contribution in [0.1, 0.15) is 34.1 Å². The lowest BCUT2D eigenvalue weighted by molar-refractivity contribution is -0.122. The topological polar surface area (TPSA) is 78.5 Å². The predicted molar refractivity (Wildman–Crippen MR) is 91.2 cm³/mol. The molecule has 1 aromatic carbocycles. The van der Waals surface area contributed by atoms with Crippen molar-refractivity contribution in [1.82, 2.24) is 5.32 Å². The Morgan fingerprint density at radius 2 is 1.87 bits per heavy atom. The van der Waals surface area contributed by atoms with E-state index in [-0.39, 0.29) is 17.7 Å². The number of amides is 3. The molecule has 0 radical (unpaired) electrons. The van der Waals surface area contributed by atoms with Gasteiger partial charge in [0.15, 0.2) is 0 Å². The van der Waals surface area contributed by atoms with Crippen LogP contribution in [-0.2, 0) is 14.4 Å². The Bertz CT molecular complexity index is 570. The van der Waals surface area contributed by atoms with Gasteiger partial charge in [-0.25, -0.2) is 0 Å². The second kappa shape index (κ2) is 8.92. The van der Waals surface area contributed by atoms with Crippen molar-refractivity contribution in [2.45, 2.75) is 34.1 Å². The normalized spacial score (nSPS) is 10.3. The number of anilines is 2. The van der Waals surface area contributed by atoms with Crippen molar-refractivity contribution in [3.05, 3.63) is 24.3 Å². The molecule has 0 aliphatic rings. The minimum Gasteiger partial charge on any atom is -0.354 e. The summed E-state index contributed by atoms with van der Waals surface area (Å²) in [5, 5.41) is 5.50. The summed E-state index contributed by atoms with van der Waals surface area (Å²) in [5.74, 6) is -0.00990. The first-order chi connectivity index (χ1) is 10.8. The number of nitrogens with one attached hydrogen (secondary N) is 2. The molecule has 0 saturated heterocycles. The number of hydrogen-bond donors (Lipinski definition) is 2. The van der Waals surface area contributed by atoms with E-state index in [1.54, 1.807) is 29.2 Å². The fourth-order valence-electron chi connectivity index (χ4n) is 2.17. The summed E-state index contributed by atoms with van der Waals surface area (Å²) in [5.41, 5.74) is 1.31. The quantitative estimate of drug-likeness (QED) is 0.808. The highest BCUT2D eigenvalue weighted by molar-refractivity contribution is 5.94. The van der Waals surface area contributed by atoms with E-state index in [9.17, 15) is 14.4 Å². The Labute approximate surface area is 137 Å². The third kappa shape index (κ3) is 6.95. The van der Waals surface area contributed by atoms with E-state index < -0.39 is 0 Å². The smallest absolute Gasteiger partial charge is 0.223 e. The van der Waals surface area contributed by atoms with Crippen molar-refractivity contribution in [2.75, 3.05) is 23.3 Å². The molecule has 0 atom stereocenters. The Hall–Kier alpha value is -2.37. The second-order valence-electron chi connectivity index (χ2n) is 5.85. The van der Waals surface area contributed by atoms with Gasteiger partial charge in [-0.15, -0.1) is 0 Å². The Morgan fingerprint density at radius 3 is 2.43 bits per heavy atom. The van der Waals surface area contributed by atoms with Crippen LogP contribution in [0.2, 0.25) is 0 Å². The van der Waals surface area contributed by atoms with Crippen LogP contribution < -0.4 is 15.5 Å². The summed E-state index contributed by atoms with van der Waals surface area (Å²) in [4.78, 5) is 36.2. The Morgan fingerprint density at radius 1 is 1.17 bits per heavy atom. The largest absolute Gasteiger partial charge is 0.354 e. The minimum atomic E-state index is -0.169. The molecule has 0 aliphatic carbocycles. The van der Waals surface area contributed by atoms with Gasteiger partial charge in [0.2, 0.25) is 17.7 Å². The first-order valence-corrected chi connectivity index (χ1v) is 7.72. The van der Waals surface area contributed by atoms with Crippen LogP contribution in [0.25, 0.3) is 0 Å². The Kier molecular flexibility index (Phi) is 7.25. The van der Waals surface area contributed by atoms with Crippen LogP contribution in [0.4, 0.5) is 11.4 Å². The van der Waals surface area contributed by atoms with Crippen LogP contribution in [0.3, 0.4) is 0 Å². The fraction of sp³-hybridized carbons (Fsp3) is 0.471. The maximum absolute atomic E-state index is 11.9. The van der Waals surface area contributed by atoms with Gasteiger partial charge in [-0.1, -0.05) is 19.9 Å². The summed E-state index contributed by atoms with van der Waals surface area (Å²) in [6, 6.07) is 7.06. The van der Waals surface area contributed by atoms with Gasteiger partial charge in [0.25, 0.3) is 0 Å². The monoisotopic (exact) mass is 319 g/mol. The van der Waals surface area contributed by atoms with E-state index in [0.717, 1.165) is 0 Å². The van der Waals surface area contributed by atoms with E-state index in [4.69, 9.17) is 0 Å². The average molecular weight is 319 g/mol. The van der Waals surface area contributed by atoms with Gasteiger partial charge in [-0.2, -0.15) is 0 Å². The summed E-state index contributed by atoms with van der Waals surface area (Å²) in [6.45, 7) is 7.63. The highest BCUT2D eigenvalue weighted by Crippen LogP contribution is 2.19. The zero-order valence-electron chi connectivity index (χ0n) is 14.2. The first-order valence-electron chi connectivity index (χ1n) is 7.72. The van der Waals surface area contributed by atoms with Gasteiger partial charge in [-0.05, 0) is 24.1 Å². The van der Waals surface area contributed by atoms with E-state index in [2.05, 4.69) is 10.6 Å². The number of carbonyl (C=O) groups excluding carboxylic acids is 3. The van der Waals surface area contributed by atoms with Gasteiger partial charge < -0.3 is 15.5 Å². The molecule has 6 heteroatoms. The van der Waals surface area contributed by atoms with Crippen LogP contribution in [0.5, 0.6) is 0 Å². The van der Waals surface area contributed by atoms with Crippen molar-refractivity contribution >= 4 is 29.1 Å². The molecule has 0 spiro atoms. The molecular weight excluding hydrogens is 294 g/mol. The number of hydrogen-bond acceptors (Lipinski definition) is 3.